The Labute approximate surface area is 289 Å². The van der Waals surface area contributed by atoms with Crippen molar-refractivity contribution < 1.29 is 0 Å². The summed E-state index contributed by atoms with van der Waals surface area (Å²) in [7, 11) is 0. The molecule has 50 heavy (non-hydrogen) atoms. The van der Waals surface area contributed by atoms with Crippen LogP contribution in [-0.2, 0) is 0 Å². The first-order valence-corrected chi connectivity index (χ1v) is 17.1. The molecular weight excluding hydrogens is 609 g/mol. The van der Waals surface area contributed by atoms with Crippen LogP contribution in [-0.4, -0.2) is 15.0 Å². The molecule has 1 aliphatic heterocycles. The maximum atomic E-state index is 5.41. The maximum Gasteiger partial charge on any atom is 0.149 e. The van der Waals surface area contributed by atoms with Gasteiger partial charge in [-0.2, -0.15) is 0 Å². The maximum absolute atomic E-state index is 5.41. The number of aromatic nitrogens is 2. The van der Waals surface area contributed by atoms with Crippen molar-refractivity contribution in [3.63, 3.8) is 0 Å². The number of hydrogen-bond acceptors (Lipinski definition) is 2. The van der Waals surface area contributed by atoms with Gasteiger partial charge in [0.05, 0.1) is 22.1 Å². The molecule has 7 aromatic carbocycles. The van der Waals surface area contributed by atoms with E-state index in [1.165, 1.54) is 43.7 Å². The standard InChI is InChI=1S/C46H32N4/c1-3-13-31(14-4-1)32-23-25-34(26-24-32)46-47-40(33-15-5-2-6-16-33)30-45(48-46)50-43-22-12-9-19-38(43)39-29-35(27-28-44(39)50)49-41-20-10-7-17-36(41)37-18-8-11-21-42(37)49/h1-30,45H,(H,47,48). The summed E-state index contributed by atoms with van der Waals surface area (Å²) >= 11 is 0. The van der Waals surface area contributed by atoms with E-state index in [9.17, 15) is 0 Å². The van der Waals surface area contributed by atoms with E-state index in [0.29, 0.717) is 0 Å². The number of benzene rings is 7. The first-order valence-electron chi connectivity index (χ1n) is 17.1. The number of para-hydroxylation sites is 3. The molecule has 4 nitrogen and oxygen atoms in total. The van der Waals surface area contributed by atoms with Crippen molar-refractivity contribution in [1.29, 1.82) is 0 Å². The second-order valence-electron chi connectivity index (χ2n) is 12.9. The predicted molar refractivity (Wildman–Crippen MR) is 209 cm³/mol. The Morgan fingerprint density at radius 2 is 0.920 bits per heavy atom. The molecule has 1 unspecified atom stereocenters. The predicted octanol–water partition coefficient (Wildman–Crippen LogP) is 11.1. The van der Waals surface area contributed by atoms with E-state index >= 15 is 0 Å². The van der Waals surface area contributed by atoms with E-state index in [-0.39, 0.29) is 6.17 Å². The van der Waals surface area contributed by atoms with Crippen LogP contribution in [0.1, 0.15) is 17.3 Å². The van der Waals surface area contributed by atoms with Crippen LogP contribution in [0.2, 0.25) is 0 Å². The van der Waals surface area contributed by atoms with Crippen molar-refractivity contribution in [2.45, 2.75) is 6.17 Å². The molecule has 10 rings (SSSR count). The van der Waals surface area contributed by atoms with E-state index in [1.807, 2.05) is 0 Å². The normalized spacial score (nSPS) is 14.6. The Morgan fingerprint density at radius 1 is 0.420 bits per heavy atom. The smallest absolute Gasteiger partial charge is 0.149 e. The summed E-state index contributed by atoms with van der Waals surface area (Å²) in [5, 5.41) is 8.63. The molecule has 0 spiro atoms. The van der Waals surface area contributed by atoms with Crippen LogP contribution < -0.4 is 5.32 Å². The average molecular weight is 641 g/mol. The van der Waals surface area contributed by atoms with E-state index in [1.54, 1.807) is 0 Å². The van der Waals surface area contributed by atoms with Crippen molar-refractivity contribution in [3.8, 4) is 16.8 Å². The fourth-order valence-corrected chi connectivity index (χ4v) is 7.65. The molecule has 4 heteroatoms. The van der Waals surface area contributed by atoms with Gasteiger partial charge in [0, 0.05) is 38.5 Å². The molecule has 1 atom stereocenters. The Hall–Kier alpha value is -6.65. The summed E-state index contributed by atoms with van der Waals surface area (Å²) in [5.41, 5.74) is 11.5. The molecule has 0 saturated carbocycles. The number of rotatable bonds is 5. The molecular formula is C46H32N4. The molecule has 1 aliphatic rings. The summed E-state index contributed by atoms with van der Waals surface area (Å²) in [6, 6.07) is 62.7. The van der Waals surface area contributed by atoms with Gasteiger partial charge in [-0.3, -0.25) is 0 Å². The number of nitrogens with one attached hydrogen (secondary N) is 1. The highest BCUT2D eigenvalue weighted by atomic mass is 15.2. The molecule has 0 radical (unpaired) electrons. The Morgan fingerprint density at radius 3 is 1.58 bits per heavy atom. The van der Waals surface area contributed by atoms with Crippen LogP contribution >= 0.6 is 0 Å². The van der Waals surface area contributed by atoms with E-state index in [4.69, 9.17) is 4.99 Å². The van der Waals surface area contributed by atoms with Gasteiger partial charge in [-0.05, 0) is 59.2 Å². The molecule has 0 saturated heterocycles. The summed E-state index contributed by atoms with van der Waals surface area (Å²) in [5.74, 6) is 0.851. The monoisotopic (exact) mass is 640 g/mol. The zero-order chi connectivity index (χ0) is 33.0. The van der Waals surface area contributed by atoms with Crippen molar-refractivity contribution in [2.75, 3.05) is 0 Å². The molecule has 1 N–H and O–H groups in total. The minimum absolute atomic E-state index is 0.267. The van der Waals surface area contributed by atoms with Crippen molar-refractivity contribution in [3.05, 3.63) is 193 Å². The van der Waals surface area contributed by atoms with Gasteiger partial charge in [0.25, 0.3) is 0 Å². The highest BCUT2D eigenvalue weighted by Gasteiger charge is 2.23. The first-order chi connectivity index (χ1) is 24.8. The van der Waals surface area contributed by atoms with E-state index in [0.717, 1.165) is 39.4 Å². The number of amidine groups is 1. The van der Waals surface area contributed by atoms with E-state index < -0.39 is 0 Å². The van der Waals surface area contributed by atoms with Gasteiger partial charge in [-0.15, -0.1) is 0 Å². The van der Waals surface area contributed by atoms with Crippen LogP contribution in [0.25, 0.3) is 66.1 Å². The summed E-state index contributed by atoms with van der Waals surface area (Å²) in [6.07, 6.45) is 1.99. The van der Waals surface area contributed by atoms with Gasteiger partial charge >= 0.3 is 0 Å². The number of fused-ring (bicyclic) bond motifs is 6. The van der Waals surface area contributed by atoms with Crippen LogP contribution in [0.4, 0.5) is 0 Å². The third-order valence-corrected chi connectivity index (χ3v) is 9.98. The van der Waals surface area contributed by atoms with Crippen LogP contribution in [0, 0.1) is 0 Å². The fraction of sp³-hybridized carbons (Fsp3) is 0.0217. The third-order valence-electron chi connectivity index (χ3n) is 9.98. The zero-order valence-corrected chi connectivity index (χ0v) is 27.2. The highest BCUT2D eigenvalue weighted by molar-refractivity contribution is 6.12. The summed E-state index contributed by atoms with van der Waals surface area (Å²) < 4.78 is 4.78. The lowest BCUT2D eigenvalue weighted by atomic mass is 10.0. The SMILES string of the molecule is C1=C(c2ccccc2)NC(c2ccc(-c3ccccc3)cc2)=NC1n1c2ccccc2c2cc(-n3c4ccccc4c4ccccc43)ccc21. The average Bonchev–Trinajstić information content (AvgIpc) is 3.71. The second-order valence-corrected chi connectivity index (χ2v) is 12.9. The minimum Gasteiger partial charge on any atom is -0.340 e. The summed E-state index contributed by atoms with van der Waals surface area (Å²) in [6.45, 7) is 0. The van der Waals surface area contributed by atoms with Gasteiger partial charge in [-0.1, -0.05) is 140 Å². The topological polar surface area (TPSA) is 34.2 Å². The summed E-state index contributed by atoms with van der Waals surface area (Å²) in [4.78, 5) is 5.41. The molecule has 0 fully saturated rings. The quantitative estimate of drug-likeness (QED) is 0.200. The Bertz CT molecular complexity index is 2710. The van der Waals surface area contributed by atoms with Crippen LogP contribution in [0.15, 0.2) is 187 Å². The molecule has 3 heterocycles. The van der Waals surface area contributed by atoms with Gasteiger partial charge in [0.1, 0.15) is 12.0 Å². The number of nitrogens with zero attached hydrogens (tertiary/aromatic N) is 3. The lowest BCUT2D eigenvalue weighted by molar-refractivity contribution is 0.668. The molecule has 236 valence electrons. The van der Waals surface area contributed by atoms with Gasteiger partial charge in [0.2, 0.25) is 0 Å². The second kappa shape index (κ2) is 11.5. The van der Waals surface area contributed by atoms with Crippen LogP contribution in [0.5, 0.6) is 0 Å². The molecule has 0 bridgehead atoms. The molecule has 2 aromatic heterocycles. The largest absolute Gasteiger partial charge is 0.340 e. The number of hydrogen-bond donors (Lipinski definition) is 1. The molecule has 0 aliphatic carbocycles. The number of aliphatic imine (C=N–C) groups is 1. The first kappa shape index (κ1) is 28.4. The van der Waals surface area contributed by atoms with Crippen molar-refractivity contribution in [1.82, 2.24) is 14.5 Å². The Kier molecular flexibility index (Phi) is 6.53. The molecule has 0 amide bonds. The third kappa shape index (κ3) is 4.57. The zero-order valence-electron chi connectivity index (χ0n) is 27.2. The minimum atomic E-state index is -0.267. The van der Waals surface area contributed by atoms with Crippen LogP contribution in [0.3, 0.4) is 0 Å². The van der Waals surface area contributed by atoms with Gasteiger partial charge in [0.15, 0.2) is 0 Å². The van der Waals surface area contributed by atoms with E-state index in [2.05, 4.69) is 196 Å². The van der Waals surface area contributed by atoms with Crippen molar-refractivity contribution in [2.24, 2.45) is 4.99 Å². The van der Waals surface area contributed by atoms with Gasteiger partial charge in [-0.25, -0.2) is 4.99 Å². The van der Waals surface area contributed by atoms with Gasteiger partial charge < -0.3 is 14.5 Å². The Balaban J connectivity index is 1.15. The molecule has 9 aromatic rings. The lowest BCUT2D eigenvalue weighted by Crippen LogP contribution is -2.29. The lowest BCUT2D eigenvalue weighted by Gasteiger charge is -2.25. The fourth-order valence-electron chi connectivity index (χ4n) is 7.65. The van der Waals surface area contributed by atoms with Crippen molar-refractivity contribution >= 4 is 55.1 Å². The highest BCUT2D eigenvalue weighted by Crippen LogP contribution is 2.38.